The molecule has 4 rings (SSSR count). The van der Waals surface area contributed by atoms with Crippen LogP contribution in [0.15, 0.2) is 59.5 Å². The van der Waals surface area contributed by atoms with Crippen LogP contribution in [0.2, 0.25) is 0 Å². The van der Waals surface area contributed by atoms with Crippen LogP contribution in [-0.2, 0) is 4.74 Å². The molecule has 1 N–H and O–H groups in total. The van der Waals surface area contributed by atoms with E-state index >= 15 is 0 Å². The molecule has 2 aromatic carbocycles. The van der Waals surface area contributed by atoms with Gasteiger partial charge in [-0.25, -0.2) is 0 Å². The van der Waals surface area contributed by atoms with Crippen molar-refractivity contribution in [3.63, 3.8) is 0 Å². The Morgan fingerprint density at radius 3 is 2.48 bits per heavy atom. The number of rotatable bonds is 3. The SMILES string of the molecule is C[C@@H](c1ccc(-c2ccc3cc[nH]c(=O)c3c2)cc1)N1CCOCC1. The molecule has 1 saturated heterocycles. The van der Waals surface area contributed by atoms with Gasteiger partial charge in [0, 0.05) is 30.7 Å². The first-order valence-electron chi connectivity index (χ1n) is 8.76. The molecule has 128 valence electrons. The quantitative estimate of drug-likeness (QED) is 0.796. The molecule has 4 heteroatoms. The van der Waals surface area contributed by atoms with E-state index in [9.17, 15) is 4.79 Å². The maximum absolute atomic E-state index is 12.0. The molecular formula is C21H22N2O2. The Kier molecular flexibility index (Phi) is 4.38. The molecule has 0 aliphatic carbocycles. The van der Waals surface area contributed by atoms with E-state index in [1.165, 1.54) is 5.56 Å². The number of aromatic amines is 1. The molecular weight excluding hydrogens is 312 g/mol. The van der Waals surface area contributed by atoms with E-state index in [0.29, 0.717) is 6.04 Å². The summed E-state index contributed by atoms with van der Waals surface area (Å²) in [6.07, 6.45) is 1.69. The monoisotopic (exact) mass is 334 g/mol. The number of nitrogens with zero attached hydrogens (tertiary/aromatic N) is 1. The molecule has 1 aliphatic rings. The molecule has 1 atom stereocenters. The maximum Gasteiger partial charge on any atom is 0.255 e. The van der Waals surface area contributed by atoms with Crippen LogP contribution in [0.3, 0.4) is 0 Å². The molecule has 0 spiro atoms. The zero-order valence-corrected chi connectivity index (χ0v) is 14.4. The van der Waals surface area contributed by atoms with Gasteiger partial charge >= 0.3 is 0 Å². The van der Waals surface area contributed by atoms with E-state index in [4.69, 9.17) is 4.74 Å². The minimum Gasteiger partial charge on any atom is -0.379 e. The van der Waals surface area contributed by atoms with E-state index in [1.54, 1.807) is 6.20 Å². The second-order valence-corrected chi connectivity index (χ2v) is 6.56. The molecule has 0 saturated carbocycles. The third-order valence-electron chi connectivity index (χ3n) is 5.10. The van der Waals surface area contributed by atoms with Gasteiger partial charge in [-0.1, -0.05) is 36.4 Å². The van der Waals surface area contributed by atoms with Crippen molar-refractivity contribution in [2.75, 3.05) is 26.3 Å². The Morgan fingerprint density at radius 1 is 1.00 bits per heavy atom. The number of aromatic nitrogens is 1. The van der Waals surface area contributed by atoms with Crippen LogP contribution in [0.4, 0.5) is 0 Å². The van der Waals surface area contributed by atoms with E-state index < -0.39 is 0 Å². The highest BCUT2D eigenvalue weighted by Crippen LogP contribution is 2.26. The molecule has 4 nitrogen and oxygen atoms in total. The average Bonchev–Trinajstić information content (AvgIpc) is 2.68. The number of morpholine rings is 1. The lowest BCUT2D eigenvalue weighted by Gasteiger charge is -2.32. The summed E-state index contributed by atoms with van der Waals surface area (Å²) in [5, 5.41) is 1.69. The van der Waals surface area contributed by atoms with Gasteiger partial charge in [-0.2, -0.15) is 0 Å². The highest BCUT2D eigenvalue weighted by molar-refractivity contribution is 5.86. The summed E-state index contributed by atoms with van der Waals surface area (Å²) in [5.74, 6) is 0. The third-order valence-corrected chi connectivity index (χ3v) is 5.10. The van der Waals surface area contributed by atoms with Gasteiger partial charge in [0.15, 0.2) is 0 Å². The normalized spacial score (nSPS) is 16.8. The van der Waals surface area contributed by atoms with Gasteiger partial charge < -0.3 is 9.72 Å². The van der Waals surface area contributed by atoms with E-state index in [2.05, 4.69) is 47.1 Å². The van der Waals surface area contributed by atoms with Crippen LogP contribution in [0.25, 0.3) is 21.9 Å². The zero-order valence-electron chi connectivity index (χ0n) is 14.4. The zero-order chi connectivity index (χ0) is 17.2. The molecule has 1 aliphatic heterocycles. The van der Waals surface area contributed by atoms with Crippen molar-refractivity contribution in [3.8, 4) is 11.1 Å². The Labute approximate surface area is 147 Å². The van der Waals surface area contributed by atoms with E-state index in [1.807, 2.05) is 18.2 Å². The number of ether oxygens (including phenoxy) is 1. The van der Waals surface area contributed by atoms with Crippen LogP contribution in [0.1, 0.15) is 18.5 Å². The molecule has 25 heavy (non-hydrogen) atoms. The molecule has 0 radical (unpaired) electrons. The van der Waals surface area contributed by atoms with Crippen LogP contribution in [0.5, 0.6) is 0 Å². The standard InChI is InChI=1S/C21H22N2O2/c1-15(23-10-12-25-13-11-23)16-2-4-17(5-3-16)19-7-6-18-8-9-22-21(24)20(18)14-19/h2-9,14-15H,10-13H2,1H3,(H,22,24)/t15-/m0/s1. The van der Waals surface area contributed by atoms with Gasteiger partial charge in [-0.15, -0.1) is 0 Å². The predicted octanol–water partition coefficient (Wildman–Crippen LogP) is 3.59. The van der Waals surface area contributed by atoms with Crippen LogP contribution in [-0.4, -0.2) is 36.2 Å². The van der Waals surface area contributed by atoms with Crippen molar-refractivity contribution in [3.05, 3.63) is 70.6 Å². The number of benzene rings is 2. The van der Waals surface area contributed by atoms with Crippen molar-refractivity contribution >= 4 is 10.8 Å². The molecule has 0 amide bonds. The van der Waals surface area contributed by atoms with Crippen molar-refractivity contribution < 1.29 is 4.74 Å². The lowest BCUT2D eigenvalue weighted by Crippen LogP contribution is -2.37. The fraction of sp³-hybridized carbons (Fsp3) is 0.286. The number of H-pyrrole nitrogens is 1. The summed E-state index contributed by atoms with van der Waals surface area (Å²) in [6.45, 7) is 5.84. The summed E-state index contributed by atoms with van der Waals surface area (Å²) in [7, 11) is 0. The molecule has 1 aromatic heterocycles. The average molecular weight is 334 g/mol. The first-order valence-corrected chi connectivity index (χ1v) is 8.76. The minimum absolute atomic E-state index is 0.0445. The highest BCUT2D eigenvalue weighted by Gasteiger charge is 2.18. The van der Waals surface area contributed by atoms with Crippen LogP contribution < -0.4 is 5.56 Å². The Balaban J connectivity index is 1.61. The van der Waals surface area contributed by atoms with Gasteiger partial charge in [0.05, 0.1) is 13.2 Å². The van der Waals surface area contributed by atoms with Crippen molar-refractivity contribution in [1.82, 2.24) is 9.88 Å². The summed E-state index contributed by atoms with van der Waals surface area (Å²) >= 11 is 0. The maximum atomic E-state index is 12.0. The van der Waals surface area contributed by atoms with Crippen LogP contribution >= 0.6 is 0 Å². The second-order valence-electron chi connectivity index (χ2n) is 6.56. The molecule has 0 bridgehead atoms. The fourth-order valence-electron chi connectivity index (χ4n) is 3.49. The first kappa shape index (κ1) is 16.1. The number of pyridine rings is 1. The Bertz CT molecular complexity index is 925. The number of hydrogen-bond donors (Lipinski definition) is 1. The molecule has 0 unspecified atom stereocenters. The number of nitrogens with one attached hydrogen (secondary N) is 1. The molecule has 2 heterocycles. The van der Waals surface area contributed by atoms with Gasteiger partial charge in [-0.05, 0) is 41.1 Å². The minimum atomic E-state index is -0.0445. The van der Waals surface area contributed by atoms with E-state index in [0.717, 1.165) is 48.2 Å². The molecule has 1 fully saturated rings. The van der Waals surface area contributed by atoms with Crippen molar-refractivity contribution in [2.24, 2.45) is 0 Å². The van der Waals surface area contributed by atoms with Crippen LogP contribution in [0, 0.1) is 0 Å². The topological polar surface area (TPSA) is 45.3 Å². The summed E-state index contributed by atoms with van der Waals surface area (Å²) < 4.78 is 5.44. The van der Waals surface area contributed by atoms with Gasteiger partial charge in [-0.3, -0.25) is 9.69 Å². The second kappa shape index (κ2) is 6.82. The Morgan fingerprint density at radius 2 is 1.72 bits per heavy atom. The van der Waals surface area contributed by atoms with Crippen molar-refractivity contribution in [1.29, 1.82) is 0 Å². The largest absolute Gasteiger partial charge is 0.379 e. The van der Waals surface area contributed by atoms with Gasteiger partial charge in [0.25, 0.3) is 5.56 Å². The van der Waals surface area contributed by atoms with Gasteiger partial charge in [0.1, 0.15) is 0 Å². The van der Waals surface area contributed by atoms with Gasteiger partial charge in [0.2, 0.25) is 0 Å². The Hall–Kier alpha value is -2.43. The highest BCUT2D eigenvalue weighted by atomic mass is 16.5. The predicted molar refractivity (Wildman–Crippen MR) is 101 cm³/mol. The first-order chi connectivity index (χ1) is 12.2. The summed E-state index contributed by atoms with van der Waals surface area (Å²) in [5.41, 5.74) is 3.46. The number of fused-ring (bicyclic) bond motifs is 1. The smallest absolute Gasteiger partial charge is 0.255 e. The fourth-order valence-corrected chi connectivity index (χ4v) is 3.49. The van der Waals surface area contributed by atoms with Crippen molar-refractivity contribution in [2.45, 2.75) is 13.0 Å². The lowest BCUT2D eigenvalue weighted by atomic mass is 9.99. The van der Waals surface area contributed by atoms with E-state index in [-0.39, 0.29) is 5.56 Å². The summed E-state index contributed by atoms with van der Waals surface area (Å²) in [6, 6.07) is 17.0. The number of hydrogen-bond acceptors (Lipinski definition) is 3. The lowest BCUT2D eigenvalue weighted by molar-refractivity contribution is 0.0198. The third kappa shape index (κ3) is 3.23. The molecule has 3 aromatic rings. The summed E-state index contributed by atoms with van der Waals surface area (Å²) in [4.78, 5) is 17.2.